The zero-order valence-electron chi connectivity index (χ0n) is 11.5. The molecule has 2 rings (SSSR count). The molecular weight excluding hydrogens is 258 g/mol. The lowest BCUT2D eigenvalue weighted by molar-refractivity contribution is 0.177. The van der Waals surface area contributed by atoms with Gasteiger partial charge in [0.1, 0.15) is 5.75 Å². The average molecular weight is 277 g/mol. The third kappa shape index (κ3) is 4.04. The molecule has 19 heavy (non-hydrogen) atoms. The molecule has 0 spiro atoms. The molecule has 4 heteroatoms. The van der Waals surface area contributed by atoms with Gasteiger partial charge in [0.25, 0.3) is 0 Å². The van der Waals surface area contributed by atoms with Crippen LogP contribution in [0.1, 0.15) is 36.2 Å². The molecule has 0 aliphatic heterocycles. The first-order chi connectivity index (χ1) is 9.04. The molecule has 0 aliphatic rings. The molecule has 0 aliphatic carbocycles. The lowest BCUT2D eigenvalue weighted by Crippen LogP contribution is -2.06. The van der Waals surface area contributed by atoms with E-state index in [4.69, 9.17) is 4.74 Å². The van der Waals surface area contributed by atoms with Gasteiger partial charge in [0.2, 0.25) is 0 Å². The minimum atomic E-state index is -0.519. The van der Waals surface area contributed by atoms with Crippen molar-refractivity contribution in [2.24, 2.45) is 0 Å². The van der Waals surface area contributed by atoms with Gasteiger partial charge in [-0.15, -0.1) is 11.3 Å². The van der Waals surface area contributed by atoms with Crippen LogP contribution in [0.5, 0.6) is 5.75 Å². The molecule has 1 aromatic carbocycles. The quantitative estimate of drug-likeness (QED) is 0.909. The molecule has 1 atom stereocenters. The number of ether oxygens (including phenoxy) is 1. The molecule has 0 bridgehead atoms. The van der Waals surface area contributed by atoms with E-state index in [1.54, 1.807) is 11.3 Å². The summed E-state index contributed by atoms with van der Waals surface area (Å²) in [5.41, 5.74) is 1.83. The second-order valence-electron chi connectivity index (χ2n) is 4.81. The highest BCUT2D eigenvalue weighted by Crippen LogP contribution is 2.22. The SMILES string of the molecule is Cc1nc(CC(O)c2ccc(OC(C)C)cc2)cs1. The molecule has 0 fully saturated rings. The third-order valence-electron chi connectivity index (χ3n) is 2.71. The molecule has 1 heterocycles. The Morgan fingerprint density at radius 1 is 1.26 bits per heavy atom. The minimum Gasteiger partial charge on any atom is -0.491 e. The summed E-state index contributed by atoms with van der Waals surface area (Å²) in [6.07, 6.45) is 0.192. The fraction of sp³-hybridized carbons (Fsp3) is 0.400. The number of aliphatic hydroxyl groups excluding tert-OH is 1. The Hall–Kier alpha value is -1.39. The monoisotopic (exact) mass is 277 g/mol. The summed E-state index contributed by atoms with van der Waals surface area (Å²) in [6, 6.07) is 7.60. The molecule has 0 amide bonds. The van der Waals surface area contributed by atoms with Crippen LogP contribution in [-0.2, 0) is 6.42 Å². The van der Waals surface area contributed by atoms with Crippen LogP contribution in [0, 0.1) is 6.92 Å². The Labute approximate surface area is 117 Å². The Kier molecular flexibility index (Phi) is 4.56. The Morgan fingerprint density at radius 3 is 2.47 bits per heavy atom. The first-order valence-corrected chi connectivity index (χ1v) is 7.28. The second-order valence-corrected chi connectivity index (χ2v) is 5.88. The standard InChI is InChI=1S/C15H19NO2S/c1-10(2)18-14-6-4-12(5-7-14)15(17)8-13-9-19-11(3)16-13/h4-7,9-10,15,17H,8H2,1-3H3. The van der Waals surface area contributed by atoms with Crippen LogP contribution < -0.4 is 4.74 Å². The predicted molar refractivity (Wildman–Crippen MR) is 77.7 cm³/mol. The molecule has 1 N–H and O–H groups in total. The molecule has 102 valence electrons. The number of hydrogen-bond donors (Lipinski definition) is 1. The van der Waals surface area contributed by atoms with Gasteiger partial charge >= 0.3 is 0 Å². The van der Waals surface area contributed by atoms with Crippen molar-refractivity contribution in [1.82, 2.24) is 4.98 Å². The van der Waals surface area contributed by atoms with Crippen LogP contribution in [-0.4, -0.2) is 16.2 Å². The lowest BCUT2D eigenvalue weighted by atomic mass is 10.1. The van der Waals surface area contributed by atoms with Crippen molar-refractivity contribution in [2.45, 2.75) is 39.4 Å². The van der Waals surface area contributed by atoms with Crippen LogP contribution in [0.3, 0.4) is 0 Å². The number of aromatic nitrogens is 1. The summed E-state index contributed by atoms with van der Waals surface area (Å²) in [4.78, 5) is 4.37. The fourth-order valence-corrected chi connectivity index (χ4v) is 2.48. The van der Waals surface area contributed by atoms with E-state index < -0.39 is 6.10 Å². The third-order valence-corrected chi connectivity index (χ3v) is 3.53. The van der Waals surface area contributed by atoms with Gasteiger partial charge in [-0.1, -0.05) is 12.1 Å². The molecule has 0 saturated carbocycles. The van der Waals surface area contributed by atoms with Crippen molar-refractivity contribution >= 4 is 11.3 Å². The fourth-order valence-electron chi connectivity index (χ4n) is 1.86. The van der Waals surface area contributed by atoms with Crippen LogP contribution in [0.25, 0.3) is 0 Å². The van der Waals surface area contributed by atoms with Gasteiger partial charge < -0.3 is 9.84 Å². The first kappa shape index (κ1) is 14.0. The number of benzene rings is 1. The van der Waals surface area contributed by atoms with Crippen LogP contribution >= 0.6 is 11.3 Å². The van der Waals surface area contributed by atoms with Crippen molar-refractivity contribution in [2.75, 3.05) is 0 Å². The molecule has 3 nitrogen and oxygen atoms in total. The highest BCUT2D eigenvalue weighted by atomic mass is 32.1. The maximum atomic E-state index is 10.2. The van der Waals surface area contributed by atoms with E-state index in [9.17, 15) is 5.11 Å². The van der Waals surface area contributed by atoms with Crippen molar-refractivity contribution < 1.29 is 9.84 Å². The summed E-state index contributed by atoms with van der Waals surface area (Å²) in [5.74, 6) is 0.829. The zero-order valence-corrected chi connectivity index (χ0v) is 12.3. The lowest BCUT2D eigenvalue weighted by Gasteiger charge is -2.12. The van der Waals surface area contributed by atoms with E-state index in [2.05, 4.69) is 4.98 Å². The summed E-state index contributed by atoms with van der Waals surface area (Å²) in [7, 11) is 0. The van der Waals surface area contributed by atoms with Crippen molar-refractivity contribution in [1.29, 1.82) is 0 Å². The van der Waals surface area contributed by atoms with Gasteiger partial charge in [-0.25, -0.2) is 4.98 Å². The molecule has 1 unspecified atom stereocenters. The number of hydrogen-bond acceptors (Lipinski definition) is 4. The maximum absolute atomic E-state index is 10.2. The van der Waals surface area contributed by atoms with E-state index in [1.165, 1.54) is 0 Å². The molecule has 2 aromatic rings. The van der Waals surface area contributed by atoms with Gasteiger partial charge in [0.15, 0.2) is 0 Å². The number of aliphatic hydroxyl groups is 1. The normalized spacial score (nSPS) is 12.7. The number of rotatable bonds is 5. The summed E-state index contributed by atoms with van der Waals surface area (Å²) in [5, 5.41) is 13.2. The average Bonchev–Trinajstić information content (AvgIpc) is 2.75. The van der Waals surface area contributed by atoms with Crippen LogP contribution in [0.2, 0.25) is 0 Å². The minimum absolute atomic E-state index is 0.161. The highest BCUT2D eigenvalue weighted by molar-refractivity contribution is 7.09. The number of nitrogens with zero attached hydrogens (tertiary/aromatic N) is 1. The van der Waals surface area contributed by atoms with Gasteiger partial charge in [0, 0.05) is 11.8 Å². The van der Waals surface area contributed by atoms with Gasteiger partial charge in [-0.3, -0.25) is 0 Å². The van der Waals surface area contributed by atoms with Gasteiger partial charge in [0.05, 0.1) is 22.9 Å². The van der Waals surface area contributed by atoms with Gasteiger partial charge in [-0.2, -0.15) is 0 Å². The van der Waals surface area contributed by atoms with Crippen LogP contribution in [0.15, 0.2) is 29.6 Å². The Morgan fingerprint density at radius 2 is 1.95 bits per heavy atom. The van der Waals surface area contributed by atoms with E-state index >= 15 is 0 Å². The van der Waals surface area contributed by atoms with Gasteiger partial charge in [-0.05, 0) is 38.5 Å². The molecular formula is C15H19NO2S. The molecule has 0 saturated heterocycles. The maximum Gasteiger partial charge on any atom is 0.119 e. The second kappa shape index (κ2) is 6.17. The number of aryl methyl sites for hydroxylation is 1. The topological polar surface area (TPSA) is 42.4 Å². The molecule has 1 aromatic heterocycles. The smallest absolute Gasteiger partial charge is 0.119 e. The van der Waals surface area contributed by atoms with Crippen LogP contribution in [0.4, 0.5) is 0 Å². The van der Waals surface area contributed by atoms with E-state index in [0.29, 0.717) is 6.42 Å². The van der Waals surface area contributed by atoms with Crippen molar-refractivity contribution in [3.63, 3.8) is 0 Å². The van der Waals surface area contributed by atoms with E-state index in [0.717, 1.165) is 22.0 Å². The first-order valence-electron chi connectivity index (χ1n) is 6.40. The predicted octanol–water partition coefficient (Wildman–Crippen LogP) is 3.51. The Bertz CT molecular complexity index is 519. The molecule has 0 radical (unpaired) electrons. The van der Waals surface area contributed by atoms with Crippen molar-refractivity contribution in [3.05, 3.63) is 45.9 Å². The summed E-state index contributed by atoms with van der Waals surface area (Å²) in [6.45, 7) is 5.96. The van der Waals surface area contributed by atoms with E-state index in [-0.39, 0.29) is 6.10 Å². The summed E-state index contributed by atoms with van der Waals surface area (Å²) < 4.78 is 5.58. The zero-order chi connectivity index (χ0) is 13.8. The number of thiazole rings is 1. The summed E-state index contributed by atoms with van der Waals surface area (Å²) >= 11 is 1.61. The highest BCUT2D eigenvalue weighted by Gasteiger charge is 2.11. The van der Waals surface area contributed by atoms with E-state index in [1.807, 2.05) is 50.4 Å². The Balaban J connectivity index is 2.01. The van der Waals surface area contributed by atoms with Crippen molar-refractivity contribution in [3.8, 4) is 5.75 Å². The largest absolute Gasteiger partial charge is 0.491 e.